The molecule has 1 heterocycles. The molecule has 3 rings (SSSR count). The molecule has 0 aliphatic heterocycles. The Morgan fingerprint density at radius 2 is 1.63 bits per heavy atom. The molecule has 0 atom stereocenters. The van der Waals surface area contributed by atoms with Crippen molar-refractivity contribution in [3.63, 3.8) is 0 Å². The van der Waals surface area contributed by atoms with Crippen LogP contribution in [0.3, 0.4) is 0 Å². The first-order valence-electron chi connectivity index (χ1n) is 8.64. The van der Waals surface area contributed by atoms with Crippen LogP contribution in [0.1, 0.15) is 22.5 Å². The lowest BCUT2D eigenvalue weighted by molar-refractivity contribution is 0.240. The van der Waals surface area contributed by atoms with Gasteiger partial charge in [-0.05, 0) is 67.4 Å². The van der Waals surface area contributed by atoms with E-state index in [-0.39, 0.29) is 11.8 Å². The number of amides is 2. The third-order valence-electron chi connectivity index (χ3n) is 4.43. The Labute approximate surface area is 163 Å². The number of hydrogen-bond donors (Lipinski definition) is 2. The van der Waals surface area contributed by atoms with Crippen LogP contribution < -0.4 is 10.6 Å². The van der Waals surface area contributed by atoms with E-state index < -0.39 is 0 Å². The number of aryl methyl sites for hydroxylation is 1. The molecule has 6 heteroatoms. The fourth-order valence-electron chi connectivity index (χ4n) is 3.02. The molecule has 0 saturated carbocycles. The van der Waals surface area contributed by atoms with Gasteiger partial charge in [0, 0.05) is 35.2 Å². The Morgan fingerprint density at radius 3 is 2.30 bits per heavy atom. The molecule has 0 saturated heterocycles. The molecule has 4 nitrogen and oxygen atoms in total. The average molecular weight is 386 g/mol. The molecule has 0 fully saturated rings. The number of benzene rings is 2. The minimum Gasteiger partial charge on any atom is -0.334 e. The van der Waals surface area contributed by atoms with Crippen molar-refractivity contribution in [3.05, 3.63) is 88.0 Å². The maximum atomic E-state index is 12.9. The smallest absolute Gasteiger partial charge is 0.315 e. The van der Waals surface area contributed by atoms with Crippen LogP contribution in [0.25, 0.3) is 5.69 Å². The first-order chi connectivity index (χ1) is 12.9. The number of aromatic nitrogens is 1. The Balaban J connectivity index is 1.61. The third kappa shape index (κ3) is 4.68. The van der Waals surface area contributed by atoms with Gasteiger partial charge in [-0.25, -0.2) is 9.18 Å². The summed E-state index contributed by atoms with van der Waals surface area (Å²) in [6.45, 7) is 4.81. The number of hydrogen-bond acceptors (Lipinski definition) is 1. The van der Waals surface area contributed by atoms with Crippen molar-refractivity contribution >= 4 is 17.6 Å². The van der Waals surface area contributed by atoms with Gasteiger partial charge in [0.2, 0.25) is 0 Å². The van der Waals surface area contributed by atoms with E-state index in [0.29, 0.717) is 18.1 Å². The largest absolute Gasteiger partial charge is 0.334 e. The Hall–Kier alpha value is -2.79. The highest BCUT2D eigenvalue weighted by Gasteiger charge is 2.11. The molecule has 2 aromatic carbocycles. The highest BCUT2D eigenvalue weighted by Crippen LogP contribution is 2.22. The molecule has 0 bridgehead atoms. The van der Waals surface area contributed by atoms with Gasteiger partial charge in [-0.1, -0.05) is 23.7 Å². The van der Waals surface area contributed by atoms with Crippen LogP contribution in [-0.4, -0.2) is 10.6 Å². The number of nitrogens with one attached hydrogen (secondary N) is 2. The lowest BCUT2D eigenvalue weighted by Gasteiger charge is -2.11. The van der Waals surface area contributed by atoms with Gasteiger partial charge in [-0.3, -0.25) is 0 Å². The Bertz CT molecular complexity index is 933. The van der Waals surface area contributed by atoms with Gasteiger partial charge in [0.15, 0.2) is 0 Å². The van der Waals surface area contributed by atoms with Crippen LogP contribution in [0.15, 0.2) is 54.6 Å². The minimum atomic E-state index is -0.292. The third-order valence-corrected chi connectivity index (χ3v) is 4.68. The molecule has 0 spiro atoms. The van der Waals surface area contributed by atoms with E-state index in [0.717, 1.165) is 28.2 Å². The summed E-state index contributed by atoms with van der Waals surface area (Å²) in [7, 11) is 0. The molecule has 140 valence electrons. The normalized spacial score (nSPS) is 10.7. The van der Waals surface area contributed by atoms with Crippen molar-refractivity contribution in [2.24, 2.45) is 0 Å². The highest BCUT2D eigenvalue weighted by atomic mass is 35.5. The second-order valence-corrected chi connectivity index (χ2v) is 6.81. The number of carbonyl (C=O) groups is 1. The SMILES string of the molecule is Cc1cc(CNC(=O)NCc2ccc(F)cc2)c(C)n1-c1ccc(Cl)cc1. The van der Waals surface area contributed by atoms with Crippen LogP contribution in [0.4, 0.5) is 9.18 Å². The summed E-state index contributed by atoms with van der Waals surface area (Å²) in [4.78, 5) is 12.0. The van der Waals surface area contributed by atoms with Crippen LogP contribution in [0.5, 0.6) is 0 Å². The van der Waals surface area contributed by atoms with E-state index in [1.54, 1.807) is 12.1 Å². The first kappa shape index (κ1) is 19.0. The predicted octanol–water partition coefficient (Wildman–Crippen LogP) is 4.89. The fraction of sp³-hybridized carbons (Fsp3) is 0.190. The molecular weight excluding hydrogens is 365 g/mol. The van der Waals surface area contributed by atoms with Gasteiger partial charge >= 0.3 is 6.03 Å². The molecule has 0 aliphatic carbocycles. The van der Waals surface area contributed by atoms with Crippen molar-refractivity contribution in [1.29, 1.82) is 0 Å². The molecule has 0 unspecified atom stereocenters. The summed E-state index contributed by atoms with van der Waals surface area (Å²) in [5, 5.41) is 6.33. The second-order valence-electron chi connectivity index (χ2n) is 6.37. The topological polar surface area (TPSA) is 46.1 Å². The molecule has 3 aromatic rings. The van der Waals surface area contributed by atoms with E-state index in [1.807, 2.05) is 38.1 Å². The van der Waals surface area contributed by atoms with Gasteiger partial charge in [0.1, 0.15) is 5.82 Å². The Morgan fingerprint density at radius 1 is 1.00 bits per heavy atom. The van der Waals surface area contributed by atoms with E-state index >= 15 is 0 Å². The van der Waals surface area contributed by atoms with Crippen LogP contribution in [-0.2, 0) is 13.1 Å². The van der Waals surface area contributed by atoms with Crippen molar-refractivity contribution in [2.45, 2.75) is 26.9 Å². The summed E-state index contributed by atoms with van der Waals surface area (Å²) < 4.78 is 15.0. The highest BCUT2D eigenvalue weighted by molar-refractivity contribution is 6.30. The zero-order valence-electron chi connectivity index (χ0n) is 15.2. The minimum absolute atomic E-state index is 0.268. The maximum Gasteiger partial charge on any atom is 0.315 e. The lowest BCUT2D eigenvalue weighted by Crippen LogP contribution is -2.34. The number of rotatable bonds is 5. The van der Waals surface area contributed by atoms with Crippen LogP contribution in [0.2, 0.25) is 5.02 Å². The van der Waals surface area contributed by atoms with Crippen molar-refractivity contribution < 1.29 is 9.18 Å². The predicted molar refractivity (Wildman–Crippen MR) is 106 cm³/mol. The molecule has 2 N–H and O–H groups in total. The summed E-state index contributed by atoms with van der Waals surface area (Å²) in [6.07, 6.45) is 0. The molecule has 0 aliphatic rings. The average Bonchev–Trinajstić information content (AvgIpc) is 2.94. The van der Waals surface area contributed by atoms with Crippen molar-refractivity contribution in [3.8, 4) is 5.69 Å². The van der Waals surface area contributed by atoms with Crippen molar-refractivity contribution in [2.75, 3.05) is 0 Å². The zero-order chi connectivity index (χ0) is 19.4. The standard InChI is InChI=1S/C21H21ClFN3O/c1-14-11-17(15(2)26(14)20-9-5-18(22)6-10-20)13-25-21(27)24-12-16-3-7-19(23)8-4-16/h3-11H,12-13H2,1-2H3,(H2,24,25,27). The van der Waals surface area contributed by atoms with Crippen LogP contribution in [0, 0.1) is 19.7 Å². The van der Waals surface area contributed by atoms with Gasteiger partial charge in [-0.15, -0.1) is 0 Å². The fourth-order valence-corrected chi connectivity index (χ4v) is 3.14. The maximum absolute atomic E-state index is 12.9. The molecule has 0 radical (unpaired) electrons. The molecule has 27 heavy (non-hydrogen) atoms. The Kier molecular flexibility index (Phi) is 5.81. The summed E-state index contributed by atoms with van der Waals surface area (Å²) in [5.41, 5.74) is 5.06. The molecule has 2 amide bonds. The van der Waals surface area contributed by atoms with Crippen molar-refractivity contribution in [1.82, 2.24) is 15.2 Å². The summed E-state index contributed by atoms with van der Waals surface area (Å²) in [6, 6.07) is 15.5. The van der Waals surface area contributed by atoms with E-state index in [4.69, 9.17) is 11.6 Å². The summed E-state index contributed by atoms with van der Waals surface area (Å²) in [5.74, 6) is -0.292. The summed E-state index contributed by atoms with van der Waals surface area (Å²) >= 11 is 5.97. The number of urea groups is 1. The van der Waals surface area contributed by atoms with Gasteiger partial charge in [0.05, 0.1) is 0 Å². The van der Waals surface area contributed by atoms with E-state index in [9.17, 15) is 9.18 Å². The number of halogens is 2. The number of carbonyl (C=O) groups excluding carboxylic acids is 1. The van der Waals surface area contributed by atoms with Gasteiger partial charge in [0.25, 0.3) is 0 Å². The monoisotopic (exact) mass is 385 g/mol. The van der Waals surface area contributed by atoms with Gasteiger partial charge < -0.3 is 15.2 Å². The first-order valence-corrected chi connectivity index (χ1v) is 9.02. The molecule has 1 aromatic heterocycles. The number of nitrogens with zero attached hydrogens (tertiary/aromatic N) is 1. The molecular formula is C21H21ClFN3O. The van der Waals surface area contributed by atoms with Crippen LogP contribution >= 0.6 is 11.6 Å². The lowest BCUT2D eigenvalue weighted by atomic mass is 10.2. The van der Waals surface area contributed by atoms with E-state index in [1.165, 1.54) is 12.1 Å². The zero-order valence-corrected chi connectivity index (χ0v) is 16.0. The van der Waals surface area contributed by atoms with E-state index in [2.05, 4.69) is 21.3 Å². The quantitative estimate of drug-likeness (QED) is 0.645. The second kappa shape index (κ2) is 8.27. The van der Waals surface area contributed by atoms with Gasteiger partial charge in [-0.2, -0.15) is 0 Å².